The van der Waals surface area contributed by atoms with Crippen LogP contribution in [0.4, 0.5) is 0 Å². The van der Waals surface area contributed by atoms with Crippen molar-refractivity contribution in [1.29, 1.82) is 0 Å². The fourth-order valence-electron chi connectivity index (χ4n) is 1.51. The predicted molar refractivity (Wildman–Crippen MR) is 42.2 cm³/mol. The molecule has 1 rings (SSSR count). The molecule has 1 aliphatic carbocycles. The van der Waals surface area contributed by atoms with E-state index in [1.165, 1.54) is 0 Å². The lowest BCUT2D eigenvalue weighted by Gasteiger charge is -2.13. The van der Waals surface area contributed by atoms with Crippen molar-refractivity contribution in [1.82, 2.24) is 0 Å². The van der Waals surface area contributed by atoms with Gasteiger partial charge in [-0.25, -0.2) is 0 Å². The first kappa shape index (κ1) is 8.37. The van der Waals surface area contributed by atoms with E-state index in [0.29, 0.717) is 6.61 Å². The molecule has 62 valence electrons. The molecule has 1 saturated carbocycles. The van der Waals surface area contributed by atoms with Gasteiger partial charge in [-0.15, -0.1) is 0 Å². The highest BCUT2D eigenvalue weighted by molar-refractivity contribution is 4.84. The summed E-state index contributed by atoms with van der Waals surface area (Å²) in [6.07, 6.45) is 3.32. The molecule has 0 spiro atoms. The minimum absolute atomic E-state index is 0.0833. The summed E-state index contributed by atoms with van der Waals surface area (Å²) >= 11 is 0. The largest absolute Gasteiger partial charge is 0.378 e. The van der Waals surface area contributed by atoms with Gasteiger partial charge >= 0.3 is 0 Å². The zero-order valence-corrected chi connectivity index (χ0v) is 6.73. The third-order valence-electron chi connectivity index (χ3n) is 2.00. The summed E-state index contributed by atoms with van der Waals surface area (Å²) in [4.78, 5) is 2.80. The molecule has 1 fully saturated rings. The standard InChI is InChI=1S/C7H13N3O/c1-2-11-7-5-3-4-6(7)9-10-8/h6-7H,2-5H2,1H3/t6-,7-/m0/s1. The van der Waals surface area contributed by atoms with Crippen LogP contribution >= 0.6 is 0 Å². The molecule has 11 heavy (non-hydrogen) atoms. The quantitative estimate of drug-likeness (QED) is 0.350. The van der Waals surface area contributed by atoms with Crippen LogP contribution < -0.4 is 0 Å². The zero-order valence-electron chi connectivity index (χ0n) is 6.73. The lowest BCUT2D eigenvalue weighted by Crippen LogP contribution is -2.20. The molecule has 0 bridgehead atoms. The summed E-state index contributed by atoms with van der Waals surface area (Å²) in [6, 6.07) is 0.0833. The molecule has 0 saturated heterocycles. The summed E-state index contributed by atoms with van der Waals surface area (Å²) in [7, 11) is 0. The van der Waals surface area contributed by atoms with Crippen molar-refractivity contribution in [3.63, 3.8) is 0 Å². The molecule has 4 nitrogen and oxygen atoms in total. The minimum atomic E-state index is 0.0833. The number of hydrogen-bond donors (Lipinski definition) is 0. The van der Waals surface area contributed by atoms with Gasteiger partial charge in [0, 0.05) is 11.5 Å². The normalized spacial score (nSPS) is 29.9. The van der Waals surface area contributed by atoms with E-state index in [9.17, 15) is 0 Å². The average molecular weight is 155 g/mol. The molecule has 0 aromatic carbocycles. The van der Waals surface area contributed by atoms with Crippen LogP contribution in [-0.4, -0.2) is 18.8 Å². The lowest BCUT2D eigenvalue weighted by atomic mass is 10.2. The maximum atomic E-state index is 8.22. The number of rotatable bonds is 3. The molecule has 0 aliphatic heterocycles. The maximum Gasteiger partial charge on any atom is 0.0659 e. The lowest BCUT2D eigenvalue weighted by molar-refractivity contribution is 0.0577. The highest BCUT2D eigenvalue weighted by atomic mass is 16.5. The summed E-state index contributed by atoms with van der Waals surface area (Å²) in [5.74, 6) is 0. The first-order valence-electron chi connectivity index (χ1n) is 4.04. The van der Waals surface area contributed by atoms with Crippen molar-refractivity contribution in [2.75, 3.05) is 6.61 Å². The zero-order chi connectivity index (χ0) is 8.10. The van der Waals surface area contributed by atoms with Crippen LogP contribution in [0.15, 0.2) is 5.11 Å². The SMILES string of the molecule is CCO[C@H]1CCC[C@@H]1N=[N+]=[N-]. The van der Waals surface area contributed by atoms with Crippen LogP contribution in [0.5, 0.6) is 0 Å². The average Bonchev–Trinajstić information content (AvgIpc) is 2.39. The van der Waals surface area contributed by atoms with E-state index in [0.717, 1.165) is 19.3 Å². The minimum Gasteiger partial charge on any atom is -0.378 e. The predicted octanol–water partition coefficient (Wildman–Crippen LogP) is 2.25. The summed E-state index contributed by atoms with van der Waals surface area (Å²) in [5.41, 5.74) is 8.22. The number of nitrogens with zero attached hydrogens (tertiary/aromatic N) is 3. The van der Waals surface area contributed by atoms with Gasteiger partial charge in [-0.1, -0.05) is 11.5 Å². The van der Waals surface area contributed by atoms with Gasteiger partial charge in [0.1, 0.15) is 0 Å². The van der Waals surface area contributed by atoms with Crippen LogP contribution in [0.2, 0.25) is 0 Å². The van der Waals surface area contributed by atoms with Crippen LogP contribution in [0.25, 0.3) is 10.4 Å². The Balaban J connectivity index is 2.43. The molecule has 0 amide bonds. The Morgan fingerprint density at radius 2 is 2.45 bits per heavy atom. The summed E-state index contributed by atoms with van der Waals surface area (Å²) in [5, 5.41) is 3.68. The van der Waals surface area contributed by atoms with Crippen molar-refractivity contribution in [2.45, 2.75) is 38.3 Å². The van der Waals surface area contributed by atoms with Crippen LogP contribution in [0.1, 0.15) is 26.2 Å². The van der Waals surface area contributed by atoms with Gasteiger partial charge in [0.15, 0.2) is 0 Å². The van der Waals surface area contributed by atoms with E-state index >= 15 is 0 Å². The second-order valence-corrected chi connectivity index (χ2v) is 2.70. The van der Waals surface area contributed by atoms with Crippen LogP contribution in [0, 0.1) is 0 Å². The molecule has 0 aromatic rings. The third kappa shape index (κ3) is 2.10. The Morgan fingerprint density at radius 1 is 1.64 bits per heavy atom. The monoisotopic (exact) mass is 155 g/mol. The third-order valence-corrected chi connectivity index (χ3v) is 2.00. The fraction of sp³-hybridized carbons (Fsp3) is 1.00. The van der Waals surface area contributed by atoms with Gasteiger partial charge < -0.3 is 4.74 Å². The summed E-state index contributed by atoms with van der Waals surface area (Å²) < 4.78 is 5.40. The molecular weight excluding hydrogens is 142 g/mol. The number of hydrogen-bond acceptors (Lipinski definition) is 2. The Bertz CT molecular complexity index is 165. The Labute approximate surface area is 66.2 Å². The van der Waals surface area contributed by atoms with E-state index in [4.69, 9.17) is 10.3 Å². The molecule has 0 heterocycles. The van der Waals surface area contributed by atoms with Gasteiger partial charge in [0.05, 0.1) is 12.1 Å². The Kier molecular flexibility index (Phi) is 3.20. The van der Waals surface area contributed by atoms with Crippen molar-refractivity contribution >= 4 is 0 Å². The van der Waals surface area contributed by atoms with Gasteiger partial charge in [-0.05, 0) is 25.3 Å². The maximum absolute atomic E-state index is 8.22. The first-order valence-corrected chi connectivity index (χ1v) is 4.04. The van der Waals surface area contributed by atoms with Crippen LogP contribution in [-0.2, 0) is 4.74 Å². The highest BCUT2D eigenvalue weighted by Crippen LogP contribution is 2.24. The number of ether oxygens (including phenoxy) is 1. The van der Waals surface area contributed by atoms with Crippen molar-refractivity contribution in [3.8, 4) is 0 Å². The first-order chi connectivity index (χ1) is 5.38. The second kappa shape index (κ2) is 4.21. The molecule has 0 unspecified atom stereocenters. The highest BCUT2D eigenvalue weighted by Gasteiger charge is 2.26. The fourth-order valence-corrected chi connectivity index (χ4v) is 1.51. The molecule has 1 aliphatic rings. The molecule has 0 aromatic heterocycles. The smallest absolute Gasteiger partial charge is 0.0659 e. The molecular formula is C7H13N3O. The molecule has 4 heteroatoms. The van der Waals surface area contributed by atoms with E-state index in [1.54, 1.807) is 0 Å². The van der Waals surface area contributed by atoms with Crippen molar-refractivity contribution < 1.29 is 4.74 Å². The Morgan fingerprint density at radius 3 is 3.09 bits per heavy atom. The van der Waals surface area contributed by atoms with Gasteiger partial charge in [-0.2, -0.15) is 0 Å². The van der Waals surface area contributed by atoms with E-state index in [1.807, 2.05) is 6.92 Å². The molecule has 0 radical (unpaired) electrons. The Hall–Kier alpha value is -0.730. The molecule has 0 N–H and O–H groups in total. The van der Waals surface area contributed by atoms with Crippen LogP contribution in [0.3, 0.4) is 0 Å². The molecule has 2 atom stereocenters. The van der Waals surface area contributed by atoms with E-state index < -0.39 is 0 Å². The second-order valence-electron chi connectivity index (χ2n) is 2.70. The van der Waals surface area contributed by atoms with Crippen molar-refractivity contribution in [3.05, 3.63) is 10.4 Å². The van der Waals surface area contributed by atoms with Gasteiger partial charge in [0.25, 0.3) is 0 Å². The summed E-state index contributed by atoms with van der Waals surface area (Å²) in [6.45, 7) is 2.67. The van der Waals surface area contributed by atoms with E-state index in [2.05, 4.69) is 10.0 Å². The topological polar surface area (TPSA) is 58.0 Å². The van der Waals surface area contributed by atoms with Gasteiger partial charge in [0.2, 0.25) is 0 Å². The van der Waals surface area contributed by atoms with Crippen molar-refractivity contribution in [2.24, 2.45) is 5.11 Å². The van der Waals surface area contributed by atoms with E-state index in [-0.39, 0.29) is 12.1 Å². The number of azide groups is 1. The van der Waals surface area contributed by atoms with Gasteiger partial charge in [-0.3, -0.25) is 0 Å².